The van der Waals surface area contributed by atoms with Crippen molar-refractivity contribution in [3.8, 4) is 11.5 Å². The zero-order valence-electron chi connectivity index (χ0n) is 12.9. The molecule has 0 aliphatic carbocycles. The minimum atomic E-state index is 0.587. The predicted molar refractivity (Wildman–Crippen MR) is 86.9 cm³/mol. The van der Waals surface area contributed by atoms with Crippen molar-refractivity contribution in [2.75, 3.05) is 13.1 Å². The molecule has 1 aliphatic rings. The van der Waals surface area contributed by atoms with Gasteiger partial charge in [-0.3, -0.25) is 4.90 Å². The summed E-state index contributed by atoms with van der Waals surface area (Å²) >= 11 is 0. The summed E-state index contributed by atoms with van der Waals surface area (Å²) in [6.45, 7) is 6.68. The van der Waals surface area contributed by atoms with E-state index >= 15 is 0 Å². The summed E-state index contributed by atoms with van der Waals surface area (Å²) in [4.78, 5) is 2.55. The molecular weight excluding hydrogens is 258 g/mol. The van der Waals surface area contributed by atoms with Crippen molar-refractivity contribution in [1.29, 1.82) is 0 Å². The lowest BCUT2D eigenvalue weighted by Gasteiger charge is -2.23. The number of likely N-dealkylation sites (tertiary alicyclic amines) is 1. The third-order valence-electron chi connectivity index (χ3n) is 4.29. The number of hydrogen-bond donors (Lipinski definition) is 0. The molecule has 1 aliphatic heterocycles. The molecule has 21 heavy (non-hydrogen) atoms. The first kappa shape index (κ1) is 14.2. The lowest BCUT2D eigenvalue weighted by Crippen LogP contribution is -2.22. The Hall–Kier alpha value is -1.80. The summed E-state index contributed by atoms with van der Waals surface area (Å²) in [5.41, 5.74) is 2.66. The first-order chi connectivity index (χ1) is 10.3. The van der Waals surface area contributed by atoms with Gasteiger partial charge in [0, 0.05) is 6.04 Å². The first-order valence-corrected chi connectivity index (χ1v) is 7.85. The summed E-state index contributed by atoms with van der Waals surface area (Å²) in [5, 5.41) is 0. The fourth-order valence-corrected chi connectivity index (χ4v) is 3.08. The van der Waals surface area contributed by atoms with Crippen LogP contribution in [0.4, 0.5) is 0 Å². The maximum Gasteiger partial charge on any atom is 0.127 e. The molecule has 1 saturated heterocycles. The van der Waals surface area contributed by atoms with Crippen molar-refractivity contribution in [2.45, 2.75) is 32.7 Å². The van der Waals surface area contributed by atoms with E-state index in [1.54, 1.807) is 0 Å². The molecule has 2 heteroatoms. The second-order valence-corrected chi connectivity index (χ2v) is 5.77. The zero-order valence-corrected chi connectivity index (χ0v) is 12.9. The molecule has 3 rings (SSSR count). The Kier molecular flexibility index (Phi) is 4.26. The zero-order chi connectivity index (χ0) is 14.7. The molecule has 0 amide bonds. The van der Waals surface area contributed by atoms with Crippen molar-refractivity contribution >= 4 is 0 Å². The van der Waals surface area contributed by atoms with Gasteiger partial charge < -0.3 is 4.74 Å². The monoisotopic (exact) mass is 281 g/mol. The van der Waals surface area contributed by atoms with Crippen LogP contribution in [0.5, 0.6) is 11.5 Å². The van der Waals surface area contributed by atoms with E-state index in [9.17, 15) is 0 Å². The Morgan fingerprint density at radius 2 is 1.62 bits per heavy atom. The van der Waals surface area contributed by atoms with E-state index in [1.807, 2.05) is 12.1 Å². The van der Waals surface area contributed by atoms with E-state index < -0.39 is 0 Å². The quantitative estimate of drug-likeness (QED) is 0.786. The highest BCUT2D eigenvalue weighted by molar-refractivity contribution is 5.35. The average molecular weight is 281 g/mol. The molecule has 0 saturated carbocycles. The minimum absolute atomic E-state index is 0.587. The van der Waals surface area contributed by atoms with Crippen molar-refractivity contribution < 1.29 is 4.74 Å². The number of hydrogen-bond acceptors (Lipinski definition) is 2. The van der Waals surface area contributed by atoms with Crippen LogP contribution in [0.1, 0.15) is 36.9 Å². The number of ether oxygens (including phenoxy) is 1. The number of benzene rings is 2. The van der Waals surface area contributed by atoms with E-state index in [1.165, 1.54) is 30.5 Å². The smallest absolute Gasteiger partial charge is 0.127 e. The van der Waals surface area contributed by atoms with Gasteiger partial charge in [-0.05, 0) is 62.7 Å². The molecular formula is C19H23NO. The predicted octanol–water partition coefficient (Wildman–Crippen LogP) is 4.94. The molecule has 0 aromatic heterocycles. The van der Waals surface area contributed by atoms with E-state index in [-0.39, 0.29) is 0 Å². The summed E-state index contributed by atoms with van der Waals surface area (Å²) in [7, 11) is 0. The van der Waals surface area contributed by atoms with Gasteiger partial charge >= 0.3 is 0 Å². The normalized spacial score (nSPS) is 18.9. The highest BCUT2D eigenvalue weighted by Crippen LogP contribution is 2.32. The van der Waals surface area contributed by atoms with Gasteiger partial charge in [-0.1, -0.05) is 36.8 Å². The average Bonchev–Trinajstić information content (AvgIpc) is 2.99. The molecule has 1 unspecified atom stereocenters. The Balaban J connectivity index is 1.70. The van der Waals surface area contributed by atoms with E-state index in [0.29, 0.717) is 6.04 Å². The van der Waals surface area contributed by atoms with Gasteiger partial charge in [0.25, 0.3) is 0 Å². The Morgan fingerprint density at radius 3 is 2.24 bits per heavy atom. The number of aryl methyl sites for hydroxylation is 1. The largest absolute Gasteiger partial charge is 0.457 e. The topological polar surface area (TPSA) is 12.5 Å². The van der Waals surface area contributed by atoms with Gasteiger partial charge in [-0.25, -0.2) is 0 Å². The first-order valence-electron chi connectivity index (χ1n) is 7.85. The van der Waals surface area contributed by atoms with Crippen molar-refractivity contribution in [3.63, 3.8) is 0 Å². The fraction of sp³-hybridized carbons (Fsp3) is 0.368. The van der Waals surface area contributed by atoms with Crippen molar-refractivity contribution in [3.05, 3.63) is 59.7 Å². The summed E-state index contributed by atoms with van der Waals surface area (Å²) in [5.74, 6) is 1.80. The standard InChI is InChI=1S/C19H23NO/c1-3-20-14-4-5-19(20)16-8-12-18(13-9-16)21-17-10-6-15(2)7-11-17/h6-13,19H,3-5,14H2,1-2H3. The molecule has 0 bridgehead atoms. The molecule has 0 N–H and O–H groups in total. The molecule has 0 spiro atoms. The van der Waals surface area contributed by atoms with Crippen LogP contribution < -0.4 is 4.74 Å². The third-order valence-corrected chi connectivity index (χ3v) is 4.29. The van der Waals surface area contributed by atoms with E-state index in [4.69, 9.17) is 4.74 Å². The maximum absolute atomic E-state index is 5.89. The molecule has 2 aromatic carbocycles. The minimum Gasteiger partial charge on any atom is -0.457 e. The van der Waals surface area contributed by atoms with Crippen LogP contribution in [0.2, 0.25) is 0 Å². The Morgan fingerprint density at radius 1 is 1.00 bits per heavy atom. The summed E-state index contributed by atoms with van der Waals surface area (Å²) < 4.78 is 5.89. The molecule has 110 valence electrons. The van der Waals surface area contributed by atoms with Crippen molar-refractivity contribution in [2.24, 2.45) is 0 Å². The van der Waals surface area contributed by atoms with Crippen LogP contribution in [0.15, 0.2) is 48.5 Å². The Labute approximate surface area is 127 Å². The van der Waals surface area contributed by atoms with Gasteiger partial charge in [0.15, 0.2) is 0 Å². The van der Waals surface area contributed by atoms with E-state index in [2.05, 4.69) is 55.1 Å². The van der Waals surface area contributed by atoms with Crippen LogP contribution in [0.25, 0.3) is 0 Å². The molecule has 0 radical (unpaired) electrons. The van der Waals surface area contributed by atoms with E-state index in [0.717, 1.165) is 18.0 Å². The second-order valence-electron chi connectivity index (χ2n) is 5.77. The van der Waals surface area contributed by atoms with Crippen LogP contribution >= 0.6 is 0 Å². The van der Waals surface area contributed by atoms with Gasteiger partial charge in [-0.15, -0.1) is 0 Å². The fourth-order valence-electron chi connectivity index (χ4n) is 3.08. The SMILES string of the molecule is CCN1CCCC1c1ccc(Oc2ccc(C)cc2)cc1. The van der Waals surface area contributed by atoms with Crippen LogP contribution in [-0.4, -0.2) is 18.0 Å². The van der Waals surface area contributed by atoms with Gasteiger partial charge in [0.2, 0.25) is 0 Å². The maximum atomic E-state index is 5.89. The number of rotatable bonds is 4. The highest BCUT2D eigenvalue weighted by atomic mass is 16.5. The highest BCUT2D eigenvalue weighted by Gasteiger charge is 2.24. The van der Waals surface area contributed by atoms with Gasteiger partial charge in [-0.2, -0.15) is 0 Å². The number of nitrogens with zero attached hydrogens (tertiary/aromatic N) is 1. The third kappa shape index (κ3) is 3.27. The summed E-state index contributed by atoms with van der Waals surface area (Å²) in [6, 6.07) is 17.3. The molecule has 1 fully saturated rings. The van der Waals surface area contributed by atoms with Crippen LogP contribution in [0.3, 0.4) is 0 Å². The second kappa shape index (κ2) is 6.31. The molecule has 2 nitrogen and oxygen atoms in total. The summed E-state index contributed by atoms with van der Waals surface area (Å²) in [6.07, 6.45) is 2.58. The van der Waals surface area contributed by atoms with Gasteiger partial charge in [0.05, 0.1) is 0 Å². The lowest BCUT2D eigenvalue weighted by atomic mass is 10.0. The molecule has 2 aromatic rings. The van der Waals surface area contributed by atoms with Gasteiger partial charge in [0.1, 0.15) is 11.5 Å². The van der Waals surface area contributed by atoms with Crippen LogP contribution in [-0.2, 0) is 0 Å². The lowest BCUT2D eigenvalue weighted by molar-refractivity contribution is 0.271. The molecule has 1 atom stereocenters. The molecule has 1 heterocycles. The van der Waals surface area contributed by atoms with Crippen LogP contribution in [0, 0.1) is 6.92 Å². The Bertz CT molecular complexity index is 574. The van der Waals surface area contributed by atoms with Crippen molar-refractivity contribution in [1.82, 2.24) is 4.90 Å².